The molecular formula is C18H19NO. The van der Waals surface area contributed by atoms with Gasteiger partial charge in [-0.2, -0.15) is 0 Å². The molecule has 0 heterocycles. The normalized spacial score (nSPS) is 13.1. The number of aliphatic hydroxyl groups excluding tert-OH is 1. The molecule has 2 rings (SSSR count). The van der Waals surface area contributed by atoms with Crippen molar-refractivity contribution in [3.8, 4) is 0 Å². The summed E-state index contributed by atoms with van der Waals surface area (Å²) >= 11 is 0. The lowest BCUT2D eigenvalue weighted by molar-refractivity contribution is 0.266. The monoisotopic (exact) mass is 265 g/mol. The summed E-state index contributed by atoms with van der Waals surface area (Å²) in [6.07, 6.45) is 6.42. The molecule has 0 bridgehead atoms. The van der Waals surface area contributed by atoms with Crippen LogP contribution in [0, 0.1) is 0 Å². The van der Waals surface area contributed by atoms with Crippen LogP contribution in [0.2, 0.25) is 0 Å². The van der Waals surface area contributed by atoms with Crippen LogP contribution in [0.1, 0.15) is 11.1 Å². The van der Waals surface area contributed by atoms with Gasteiger partial charge in [0.25, 0.3) is 0 Å². The summed E-state index contributed by atoms with van der Waals surface area (Å²) < 4.78 is 0. The van der Waals surface area contributed by atoms with Gasteiger partial charge in [0.2, 0.25) is 0 Å². The second kappa shape index (κ2) is 8.08. The minimum absolute atomic E-state index is 0.0601. The molecule has 20 heavy (non-hydrogen) atoms. The average molecular weight is 265 g/mol. The van der Waals surface area contributed by atoms with Crippen LogP contribution in [0.25, 0.3) is 6.08 Å². The fraction of sp³-hybridized carbons (Fsp3) is 0.167. The van der Waals surface area contributed by atoms with Crippen LogP contribution < -0.4 is 0 Å². The van der Waals surface area contributed by atoms with E-state index in [9.17, 15) is 5.11 Å². The first-order valence-corrected chi connectivity index (χ1v) is 6.78. The Morgan fingerprint density at radius 2 is 1.60 bits per heavy atom. The number of nitrogens with zero attached hydrogens (tertiary/aromatic N) is 1. The van der Waals surface area contributed by atoms with Crippen molar-refractivity contribution in [2.24, 2.45) is 4.99 Å². The molecule has 2 aromatic carbocycles. The van der Waals surface area contributed by atoms with Gasteiger partial charge in [-0.3, -0.25) is 4.99 Å². The average Bonchev–Trinajstić information content (AvgIpc) is 2.52. The van der Waals surface area contributed by atoms with E-state index in [-0.39, 0.29) is 12.6 Å². The number of benzene rings is 2. The summed E-state index contributed by atoms with van der Waals surface area (Å²) in [4.78, 5) is 4.39. The molecular weight excluding hydrogens is 246 g/mol. The fourth-order valence-electron chi connectivity index (χ4n) is 1.94. The van der Waals surface area contributed by atoms with E-state index in [0.29, 0.717) is 0 Å². The van der Waals surface area contributed by atoms with Crippen molar-refractivity contribution in [3.05, 3.63) is 77.9 Å². The van der Waals surface area contributed by atoms with Gasteiger partial charge in [0.05, 0.1) is 12.6 Å². The Morgan fingerprint density at radius 1 is 0.950 bits per heavy atom. The standard InChI is InChI=1S/C18H19NO/c20-15-18(14-17-10-5-2-6-11-17)19-13-7-12-16-8-3-1-4-9-16/h1-13,18,20H,14-15H2/b12-7+,19-13?/t18-/m0/s1. The van der Waals surface area contributed by atoms with Crippen molar-refractivity contribution in [1.82, 2.24) is 0 Å². The maximum absolute atomic E-state index is 9.37. The maximum atomic E-state index is 9.37. The van der Waals surface area contributed by atoms with Gasteiger partial charge in [0.15, 0.2) is 0 Å². The zero-order valence-electron chi connectivity index (χ0n) is 11.4. The molecule has 2 aromatic rings. The largest absolute Gasteiger partial charge is 0.394 e. The molecule has 0 aromatic heterocycles. The maximum Gasteiger partial charge on any atom is 0.0770 e. The SMILES string of the molecule is OC[C@H](Cc1ccccc1)N=C/C=C/c1ccccc1. The molecule has 0 saturated carbocycles. The molecule has 0 radical (unpaired) electrons. The van der Waals surface area contributed by atoms with Crippen molar-refractivity contribution in [3.63, 3.8) is 0 Å². The number of hydrogen-bond donors (Lipinski definition) is 1. The van der Waals surface area contributed by atoms with Gasteiger partial charge in [0, 0.05) is 6.21 Å². The molecule has 0 amide bonds. The highest BCUT2D eigenvalue weighted by Gasteiger charge is 2.04. The van der Waals surface area contributed by atoms with Crippen LogP contribution in [0.4, 0.5) is 0 Å². The number of rotatable bonds is 6. The van der Waals surface area contributed by atoms with Crippen molar-refractivity contribution in [2.45, 2.75) is 12.5 Å². The Labute approximate surface area is 120 Å². The van der Waals surface area contributed by atoms with E-state index >= 15 is 0 Å². The minimum Gasteiger partial charge on any atom is -0.394 e. The summed E-state index contributed by atoms with van der Waals surface area (Å²) in [6.45, 7) is 0.0601. The summed E-state index contributed by atoms with van der Waals surface area (Å²) in [5.41, 5.74) is 2.33. The second-order valence-electron chi connectivity index (χ2n) is 4.59. The van der Waals surface area contributed by atoms with E-state index in [1.165, 1.54) is 5.56 Å². The molecule has 0 fully saturated rings. The minimum atomic E-state index is -0.0853. The van der Waals surface area contributed by atoms with Crippen molar-refractivity contribution in [2.75, 3.05) is 6.61 Å². The zero-order valence-corrected chi connectivity index (χ0v) is 11.4. The highest BCUT2D eigenvalue weighted by Crippen LogP contribution is 2.05. The quantitative estimate of drug-likeness (QED) is 0.798. The van der Waals surface area contributed by atoms with Crippen LogP contribution >= 0.6 is 0 Å². The Hall–Kier alpha value is -2.19. The van der Waals surface area contributed by atoms with Crippen LogP contribution in [-0.4, -0.2) is 24.0 Å². The van der Waals surface area contributed by atoms with Gasteiger partial charge >= 0.3 is 0 Å². The smallest absolute Gasteiger partial charge is 0.0770 e. The first-order valence-electron chi connectivity index (χ1n) is 6.78. The lowest BCUT2D eigenvalue weighted by atomic mass is 10.1. The topological polar surface area (TPSA) is 32.6 Å². The zero-order chi connectivity index (χ0) is 14.0. The highest BCUT2D eigenvalue weighted by molar-refractivity contribution is 5.78. The van der Waals surface area contributed by atoms with Gasteiger partial charge in [-0.15, -0.1) is 0 Å². The summed E-state index contributed by atoms with van der Waals surface area (Å²) in [5.74, 6) is 0. The highest BCUT2D eigenvalue weighted by atomic mass is 16.3. The Kier molecular flexibility index (Phi) is 5.74. The molecule has 1 N–H and O–H groups in total. The Balaban J connectivity index is 1.90. The van der Waals surface area contributed by atoms with Gasteiger partial charge in [-0.05, 0) is 23.6 Å². The van der Waals surface area contributed by atoms with Crippen LogP contribution in [-0.2, 0) is 6.42 Å². The van der Waals surface area contributed by atoms with Crippen LogP contribution in [0.3, 0.4) is 0 Å². The van der Waals surface area contributed by atoms with E-state index in [1.807, 2.05) is 60.7 Å². The molecule has 0 spiro atoms. The molecule has 2 nitrogen and oxygen atoms in total. The van der Waals surface area contributed by atoms with Gasteiger partial charge in [-0.1, -0.05) is 66.7 Å². The van der Waals surface area contributed by atoms with Gasteiger partial charge in [-0.25, -0.2) is 0 Å². The molecule has 0 unspecified atom stereocenters. The third kappa shape index (κ3) is 4.82. The Morgan fingerprint density at radius 3 is 2.25 bits per heavy atom. The molecule has 0 aliphatic carbocycles. The number of aliphatic imine (C=N–C) groups is 1. The van der Waals surface area contributed by atoms with E-state index in [1.54, 1.807) is 6.21 Å². The Bertz CT molecular complexity index is 546. The summed E-state index contributed by atoms with van der Waals surface area (Å²) in [7, 11) is 0. The summed E-state index contributed by atoms with van der Waals surface area (Å²) in [6, 6.07) is 20.1. The third-order valence-corrected chi connectivity index (χ3v) is 3.00. The second-order valence-corrected chi connectivity index (χ2v) is 4.59. The predicted molar refractivity (Wildman–Crippen MR) is 85.0 cm³/mol. The van der Waals surface area contributed by atoms with E-state index in [4.69, 9.17) is 0 Å². The number of hydrogen-bond acceptors (Lipinski definition) is 2. The van der Waals surface area contributed by atoms with Crippen LogP contribution in [0.5, 0.6) is 0 Å². The van der Waals surface area contributed by atoms with Crippen molar-refractivity contribution >= 4 is 12.3 Å². The van der Waals surface area contributed by atoms with E-state index in [0.717, 1.165) is 12.0 Å². The third-order valence-electron chi connectivity index (χ3n) is 3.00. The molecule has 1 atom stereocenters. The van der Waals surface area contributed by atoms with Crippen molar-refractivity contribution in [1.29, 1.82) is 0 Å². The predicted octanol–water partition coefficient (Wildman–Crippen LogP) is 3.37. The summed E-state index contributed by atoms with van der Waals surface area (Å²) in [5, 5.41) is 9.37. The lowest BCUT2D eigenvalue weighted by Gasteiger charge is -2.08. The first kappa shape index (κ1) is 14.2. The number of allylic oxidation sites excluding steroid dienone is 1. The van der Waals surface area contributed by atoms with E-state index in [2.05, 4.69) is 17.1 Å². The molecule has 0 aliphatic heterocycles. The number of aliphatic hydroxyl groups is 1. The van der Waals surface area contributed by atoms with Gasteiger partial charge < -0.3 is 5.11 Å². The van der Waals surface area contributed by atoms with E-state index < -0.39 is 0 Å². The van der Waals surface area contributed by atoms with Crippen LogP contribution in [0.15, 0.2) is 71.7 Å². The molecule has 102 valence electrons. The first-order chi connectivity index (χ1) is 9.88. The van der Waals surface area contributed by atoms with Gasteiger partial charge in [0.1, 0.15) is 0 Å². The molecule has 0 aliphatic rings. The molecule has 2 heteroatoms. The fourth-order valence-corrected chi connectivity index (χ4v) is 1.94. The van der Waals surface area contributed by atoms with Crippen molar-refractivity contribution < 1.29 is 5.11 Å². The molecule has 0 saturated heterocycles. The lowest BCUT2D eigenvalue weighted by Crippen LogP contribution is -2.13.